The second kappa shape index (κ2) is 2.35. The van der Waals surface area contributed by atoms with Gasteiger partial charge in [-0.15, -0.1) is 0 Å². The molecule has 84 valence electrons. The van der Waals surface area contributed by atoms with Crippen LogP contribution in [-0.2, 0) is 15.6 Å². The standard InChI is InChI=1S/C17H10O/c18-15-16-7-1-3-11-5-6-12-4-2-8-17(15,10-9-16)14(12)13(11)16/h1-10H. The second-order valence-corrected chi connectivity index (χ2v) is 5.45. The first-order valence-corrected chi connectivity index (χ1v) is 6.26. The fourth-order valence-electron chi connectivity index (χ4n) is 3.99. The first kappa shape index (κ1) is 8.87. The SMILES string of the molecule is O=C1C23C=CC=c4ccc5c(c42)C1(C=CC=5)C=C3. The van der Waals surface area contributed by atoms with E-state index in [1.807, 2.05) is 12.2 Å². The Balaban J connectivity index is 2.17. The van der Waals surface area contributed by atoms with Crippen LogP contribution in [0.5, 0.6) is 0 Å². The lowest BCUT2D eigenvalue weighted by molar-refractivity contribution is -0.122. The molecule has 1 nitrogen and oxygen atoms in total. The van der Waals surface area contributed by atoms with Crippen molar-refractivity contribution in [1.29, 1.82) is 0 Å². The van der Waals surface area contributed by atoms with Gasteiger partial charge in [-0.25, -0.2) is 0 Å². The number of hydrogen-bond acceptors (Lipinski definition) is 1. The quantitative estimate of drug-likeness (QED) is 0.608. The van der Waals surface area contributed by atoms with Crippen molar-refractivity contribution in [3.63, 3.8) is 0 Å². The lowest BCUT2D eigenvalue weighted by Gasteiger charge is -2.25. The Morgan fingerprint density at radius 3 is 1.72 bits per heavy atom. The van der Waals surface area contributed by atoms with Crippen molar-refractivity contribution in [3.05, 3.63) is 70.2 Å². The van der Waals surface area contributed by atoms with E-state index in [-0.39, 0.29) is 0 Å². The minimum Gasteiger partial charge on any atom is -0.296 e. The van der Waals surface area contributed by atoms with Gasteiger partial charge in [0.25, 0.3) is 0 Å². The summed E-state index contributed by atoms with van der Waals surface area (Å²) in [7, 11) is 0. The van der Waals surface area contributed by atoms with Gasteiger partial charge >= 0.3 is 0 Å². The van der Waals surface area contributed by atoms with Gasteiger partial charge in [-0.2, -0.15) is 0 Å². The van der Waals surface area contributed by atoms with E-state index in [2.05, 4.69) is 48.6 Å². The monoisotopic (exact) mass is 230 g/mol. The van der Waals surface area contributed by atoms with Gasteiger partial charge in [0.05, 0.1) is 10.8 Å². The van der Waals surface area contributed by atoms with Crippen LogP contribution < -0.4 is 10.4 Å². The third kappa shape index (κ3) is 0.638. The normalized spacial score (nSPS) is 35.4. The Morgan fingerprint density at radius 2 is 1.22 bits per heavy atom. The minimum atomic E-state index is -0.488. The van der Waals surface area contributed by atoms with Gasteiger partial charge < -0.3 is 0 Å². The van der Waals surface area contributed by atoms with Gasteiger partial charge in [0.1, 0.15) is 0 Å². The predicted octanol–water partition coefficient (Wildman–Crippen LogP) is 1.02. The largest absolute Gasteiger partial charge is 0.296 e. The molecule has 0 radical (unpaired) electrons. The average molecular weight is 230 g/mol. The van der Waals surface area contributed by atoms with Crippen LogP contribution in [0.25, 0.3) is 12.2 Å². The second-order valence-electron chi connectivity index (χ2n) is 5.45. The van der Waals surface area contributed by atoms with Crippen molar-refractivity contribution in [1.82, 2.24) is 0 Å². The van der Waals surface area contributed by atoms with E-state index in [1.54, 1.807) is 0 Å². The maximum absolute atomic E-state index is 12.9. The molecule has 0 saturated carbocycles. The van der Waals surface area contributed by atoms with Gasteiger partial charge in [-0.1, -0.05) is 60.7 Å². The Bertz CT molecular complexity index is 781. The highest BCUT2D eigenvalue weighted by molar-refractivity contribution is 6.14. The summed E-state index contributed by atoms with van der Waals surface area (Å²) >= 11 is 0. The van der Waals surface area contributed by atoms with Crippen molar-refractivity contribution >= 4 is 17.9 Å². The summed E-state index contributed by atoms with van der Waals surface area (Å²) in [5, 5.41) is 2.39. The van der Waals surface area contributed by atoms with Crippen molar-refractivity contribution in [3.8, 4) is 0 Å². The van der Waals surface area contributed by atoms with E-state index in [9.17, 15) is 4.79 Å². The molecule has 4 aliphatic rings. The van der Waals surface area contributed by atoms with Crippen LogP contribution in [-0.4, -0.2) is 5.78 Å². The number of carbonyl (C=O) groups excluding carboxylic acids is 1. The highest BCUT2D eigenvalue weighted by Crippen LogP contribution is 2.54. The summed E-state index contributed by atoms with van der Waals surface area (Å²) in [6.45, 7) is 0. The van der Waals surface area contributed by atoms with Crippen molar-refractivity contribution in [2.45, 2.75) is 10.8 Å². The number of hydrogen-bond donors (Lipinski definition) is 0. The molecule has 1 aromatic rings. The highest BCUT2D eigenvalue weighted by atomic mass is 16.1. The van der Waals surface area contributed by atoms with E-state index < -0.39 is 10.8 Å². The molecule has 2 atom stereocenters. The Hall–Kier alpha value is -2.15. The van der Waals surface area contributed by atoms with E-state index in [0.29, 0.717) is 5.78 Å². The molecule has 2 spiro atoms. The Kier molecular flexibility index (Phi) is 1.16. The van der Waals surface area contributed by atoms with Crippen LogP contribution >= 0.6 is 0 Å². The van der Waals surface area contributed by atoms with E-state index >= 15 is 0 Å². The van der Waals surface area contributed by atoms with Crippen LogP contribution in [0.1, 0.15) is 11.1 Å². The van der Waals surface area contributed by atoms with Crippen LogP contribution in [0, 0.1) is 0 Å². The van der Waals surface area contributed by atoms with Crippen LogP contribution in [0.4, 0.5) is 0 Å². The maximum Gasteiger partial charge on any atom is 0.169 e. The number of carbonyl (C=O) groups is 1. The van der Waals surface area contributed by atoms with Gasteiger partial charge in [-0.05, 0) is 21.6 Å². The lowest BCUT2D eigenvalue weighted by atomic mass is 9.77. The number of benzene rings is 1. The molecule has 0 amide bonds. The zero-order valence-corrected chi connectivity index (χ0v) is 9.68. The number of Topliss-reactive ketones (excluding diaryl/α,β-unsaturated/α-hetero) is 1. The third-order valence-electron chi connectivity index (χ3n) is 4.73. The molecule has 0 fully saturated rings. The van der Waals surface area contributed by atoms with Crippen molar-refractivity contribution in [2.75, 3.05) is 0 Å². The molecule has 2 bridgehead atoms. The molecule has 0 aliphatic heterocycles. The first-order valence-electron chi connectivity index (χ1n) is 6.26. The number of ketones is 1. The summed E-state index contributed by atoms with van der Waals surface area (Å²) in [5.41, 5.74) is 1.46. The molecule has 4 aliphatic carbocycles. The summed E-state index contributed by atoms with van der Waals surface area (Å²) in [4.78, 5) is 12.9. The van der Waals surface area contributed by atoms with Gasteiger partial charge in [0, 0.05) is 0 Å². The number of rotatable bonds is 0. The van der Waals surface area contributed by atoms with Gasteiger partial charge in [-0.3, -0.25) is 4.79 Å². The highest BCUT2D eigenvalue weighted by Gasteiger charge is 2.61. The molecule has 1 aromatic carbocycles. The van der Waals surface area contributed by atoms with E-state index in [4.69, 9.17) is 0 Å². The molecule has 0 heterocycles. The van der Waals surface area contributed by atoms with Gasteiger partial charge in [0.15, 0.2) is 5.78 Å². The fraction of sp³-hybridized carbons (Fsp3) is 0.118. The van der Waals surface area contributed by atoms with E-state index in [1.165, 1.54) is 21.6 Å². The zero-order valence-electron chi connectivity index (χ0n) is 9.68. The molecular formula is C17H10O. The number of allylic oxidation sites excluding steroid dienone is 6. The zero-order chi connectivity index (χ0) is 12.0. The molecule has 18 heavy (non-hydrogen) atoms. The molecular weight excluding hydrogens is 220 g/mol. The van der Waals surface area contributed by atoms with Crippen LogP contribution in [0.15, 0.2) is 48.6 Å². The third-order valence-corrected chi connectivity index (χ3v) is 4.73. The predicted molar refractivity (Wildman–Crippen MR) is 70.4 cm³/mol. The Labute approximate surface area is 104 Å². The van der Waals surface area contributed by atoms with E-state index in [0.717, 1.165) is 0 Å². The molecule has 0 saturated heterocycles. The summed E-state index contributed by atoms with van der Waals surface area (Å²) in [6, 6.07) is 4.26. The van der Waals surface area contributed by atoms with Crippen LogP contribution in [0.2, 0.25) is 0 Å². The minimum absolute atomic E-state index is 0.299. The molecule has 0 aromatic heterocycles. The fourth-order valence-corrected chi connectivity index (χ4v) is 3.99. The van der Waals surface area contributed by atoms with Gasteiger partial charge in [0.2, 0.25) is 0 Å². The Morgan fingerprint density at radius 1 is 0.722 bits per heavy atom. The smallest absolute Gasteiger partial charge is 0.169 e. The summed E-state index contributed by atoms with van der Waals surface area (Å²) in [5.74, 6) is 0.299. The van der Waals surface area contributed by atoms with Crippen molar-refractivity contribution < 1.29 is 4.79 Å². The summed E-state index contributed by atoms with van der Waals surface area (Å²) < 4.78 is 0. The molecule has 2 unspecified atom stereocenters. The molecule has 0 N–H and O–H groups in total. The molecule has 1 heteroatoms. The lowest BCUT2D eigenvalue weighted by Crippen LogP contribution is -2.34. The van der Waals surface area contributed by atoms with Crippen molar-refractivity contribution in [2.24, 2.45) is 0 Å². The topological polar surface area (TPSA) is 17.1 Å². The molecule has 5 rings (SSSR count). The average Bonchev–Trinajstić information content (AvgIpc) is 2.80. The van der Waals surface area contributed by atoms with Crippen LogP contribution in [0.3, 0.4) is 0 Å². The first-order chi connectivity index (χ1) is 8.78. The summed E-state index contributed by atoms with van der Waals surface area (Å²) in [6.07, 6.45) is 16.5. The maximum atomic E-state index is 12.9.